The standard InChI is InChI=1S/C21H23BrN2O5S/c22-18-10-3-4-11-19(18)23-20(25)15-29-21(26)16-8-7-9-17(14-16)30(27,28)24-12-5-1-2-6-13-24/h3-4,7-11,14H,1-2,5-6,12-13,15H2,(H,23,25). The zero-order valence-electron chi connectivity index (χ0n) is 16.3. The van der Waals surface area contributed by atoms with E-state index in [1.807, 2.05) is 6.07 Å². The first-order valence-corrected chi connectivity index (χ1v) is 11.9. The molecule has 0 saturated carbocycles. The molecule has 30 heavy (non-hydrogen) atoms. The summed E-state index contributed by atoms with van der Waals surface area (Å²) in [6, 6.07) is 12.8. The summed E-state index contributed by atoms with van der Waals surface area (Å²) in [6.07, 6.45) is 3.68. The molecule has 0 aliphatic carbocycles. The summed E-state index contributed by atoms with van der Waals surface area (Å²) in [6.45, 7) is 0.474. The minimum Gasteiger partial charge on any atom is -0.452 e. The van der Waals surface area contributed by atoms with Gasteiger partial charge in [0.15, 0.2) is 6.61 Å². The summed E-state index contributed by atoms with van der Waals surface area (Å²) in [5.41, 5.74) is 0.642. The molecule has 0 spiro atoms. The molecule has 0 atom stereocenters. The fraction of sp³-hybridized carbons (Fsp3) is 0.333. The van der Waals surface area contributed by atoms with E-state index in [-0.39, 0.29) is 10.5 Å². The average molecular weight is 495 g/mol. The van der Waals surface area contributed by atoms with E-state index in [0.29, 0.717) is 23.2 Å². The van der Waals surface area contributed by atoms with Gasteiger partial charge in [0.1, 0.15) is 0 Å². The average Bonchev–Trinajstić information content (AvgIpc) is 3.04. The van der Waals surface area contributed by atoms with Crippen LogP contribution >= 0.6 is 15.9 Å². The zero-order valence-corrected chi connectivity index (χ0v) is 18.7. The number of rotatable bonds is 6. The van der Waals surface area contributed by atoms with E-state index in [0.717, 1.165) is 25.7 Å². The lowest BCUT2D eigenvalue weighted by atomic mass is 10.2. The molecule has 1 fully saturated rings. The second-order valence-corrected chi connectivity index (χ2v) is 9.74. The van der Waals surface area contributed by atoms with Gasteiger partial charge in [-0.3, -0.25) is 4.79 Å². The SMILES string of the molecule is O=C(COC(=O)c1cccc(S(=O)(=O)N2CCCCCC2)c1)Nc1ccccc1Br. The van der Waals surface area contributed by atoms with Crippen LogP contribution in [-0.4, -0.2) is 44.3 Å². The minimum atomic E-state index is -3.68. The topological polar surface area (TPSA) is 92.8 Å². The number of esters is 1. The number of halogens is 1. The number of ether oxygens (including phenoxy) is 1. The Morgan fingerprint density at radius 2 is 1.70 bits per heavy atom. The molecule has 0 aromatic heterocycles. The number of nitrogens with one attached hydrogen (secondary N) is 1. The largest absolute Gasteiger partial charge is 0.452 e. The molecule has 2 aromatic rings. The van der Waals surface area contributed by atoms with Crippen LogP contribution in [0.2, 0.25) is 0 Å². The molecule has 1 aliphatic rings. The molecular formula is C21H23BrN2O5S. The Morgan fingerprint density at radius 1 is 1.00 bits per heavy atom. The number of para-hydroxylation sites is 1. The summed E-state index contributed by atoms with van der Waals surface area (Å²) in [7, 11) is -3.68. The van der Waals surface area contributed by atoms with Crippen LogP contribution in [0.5, 0.6) is 0 Å². The smallest absolute Gasteiger partial charge is 0.338 e. The van der Waals surface area contributed by atoms with E-state index in [1.165, 1.54) is 28.6 Å². The van der Waals surface area contributed by atoms with Crippen LogP contribution in [0.3, 0.4) is 0 Å². The summed E-state index contributed by atoms with van der Waals surface area (Å²) in [5, 5.41) is 2.64. The van der Waals surface area contributed by atoms with Gasteiger partial charge in [0.05, 0.1) is 16.1 Å². The predicted molar refractivity (Wildman–Crippen MR) is 117 cm³/mol. The Bertz CT molecular complexity index is 1020. The lowest BCUT2D eigenvalue weighted by Crippen LogP contribution is -2.32. The molecule has 2 aromatic carbocycles. The summed E-state index contributed by atoms with van der Waals surface area (Å²) in [5.74, 6) is -1.26. The van der Waals surface area contributed by atoms with Crippen molar-refractivity contribution in [3.8, 4) is 0 Å². The second-order valence-electron chi connectivity index (χ2n) is 6.95. The summed E-state index contributed by atoms with van der Waals surface area (Å²) < 4.78 is 33.1. The van der Waals surface area contributed by atoms with Crippen molar-refractivity contribution < 1.29 is 22.7 Å². The maximum atomic E-state index is 12.9. The monoisotopic (exact) mass is 494 g/mol. The normalized spacial score (nSPS) is 15.2. The van der Waals surface area contributed by atoms with Crippen molar-refractivity contribution in [3.63, 3.8) is 0 Å². The first-order chi connectivity index (χ1) is 14.4. The Kier molecular flexibility index (Phi) is 7.63. The maximum Gasteiger partial charge on any atom is 0.338 e. The van der Waals surface area contributed by atoms with Crippen molar-refractivity contribution in [2.45, 2.75) is 30.6 Å². The van der Waals surface area contributed by atoms with Gasteiger partial charge in [-0.05, 0) is 59.1 Å². The molecular weight excluding hydrogens is 472 g/mol. The maximum absolute atomic E-state index is 12.9. The summed E-state index contributed by atoms with van der Waals surface area (Å²) >= 11 is 3.32. The number of sulfonamides is 1. The number of hydrogen-bond acceptors (Lipinski definition) is 5. The van der Waals surface area contributed by atoms with Crippen molar-refractivity contribution in [1.29, 1.82) is 0 Å². The minimum absolute atomic E-state index is 0.0523. The number of anilines is 1. The fourth-order valence-electron chi connectivity index (χ4n) is 3.18. The Morgan fingerprint density at radius 3 is 2.40 bits per heavy atom. The highest BCUT2D eigenvalue weighted by atomic mass is 79.9. The molecule has 3 rings (SSSR count). The summed E-state index contributed by atoms with van der Waals surface area (Å²) in [4.78, 5) is 24.5. The van der Waals surface area contributed by atoms with Crippen LogP contribution in [0, 0.1) is 0 Å². The molecule has 1 N–H and O–H groups in total. The highest BCUT2D eigenvalue weighted by Gasteiger charge is 2.26. The van der Waals surface area contributed by atoms with Crippen molar-refractivity contribution in [3.05, 3.63) is 58.6 Å². The Labute approximate surface area is 184 Å². The van der Waals surface area contributed by atoms with Crippen molar-refractivity contribution in [2.75, 3.05) is 25.0 Å². The van der Waals surface area contributed by atoms with Crippen LogP contribution in [0.15, 0.2) is 57.9 Å². The molecule has 0 radical (unpaired) electrons. The first-order valence-electron chi connectivity index (χ1n) is 9.69. The van der Waals surface area contributed by atoms with E-state index < -0.39 is 28.5 Å². The zero-order chi connectivity index (χ0) is 21.6. The van der Waals surface area contributed by atoms with Gasteiger partial charge in [-0.1, -0.05) is 31.0 Å². The van der Waals surface area contributed by atoms with Gasteiger partial charge >= 0.3 is 5.97 Å². The second kappa shape index (κ2) is 10.2. The van der Waals surface area contributed by atoms with Crippen molar-refractivity contribution >= 4 is 43.5 Å². The molecule has 1 saturated heterocycles. The fourth-order valence-corrected chi connectivity index (χ4v) is 5.13. The quantitative estimate of drug-likeness (QED) is 0.616. The van der Waals surface area contributed by atoms with E-state index in [1.54, 1.807) is 18.2 Å². The van der Waals surface area contributed by atoms with E-state index in [4.69, 9.17) is 4.74 Å². The van der Waals surface area contributed by atoms with Crippen LogP contribution in [0.25, 0.3) is 0 Å². The predicted octanol–water partition coefficient (Wildman–Crippen LogP) is 3.81. The van der Waals surface area contributed by atoms with E-state index in [2.05, 4.69) is 21.2 Å². The van der Waals surface area contributed by atoms with Crippen LogP contribution in [-0.2, 0) is 19.6 Å². The van der Waals surface area contributed by atoms with Gasteiger partial charge < -0.3 is 10.1 Å². The van der Waals surface area contributed by atoms with Crippen LogP contribution in [0.4, 0.5) is 5.69 Å². The van der Waals surface area contributed by atoms with Gasteiger partial charge in [-0.15, -0.1) is 0 Å². The van der Waals surface area contributed by atoms with Gasteiger partial charge in [-0.2, -0.15) is 4.31 Å². The number of amides is 1. The van der Waals surface area contributed by atoms with Gasteiger partial charge in [0.25, 0.3) is 5.91 Å². The third-order valence-corrected chi connectivity index (χ3v) is 7.34. The number of hydrogen-bond donors (Lipinski definition) is 1. The molecule has 9 heteroatoms. The van der Waals surface area contributed by atoms with E-state index >= 15 is 0 Å². The van der Waals surface area contributed by atoms with Gasteiger partial charge in [0.2, 0.25) is 10.0 Å². The molecule has 0 unspecified atom stereocenters. The van der Waals surface area contributed by atoms with Crippen LogP contribution in [0.1, 0.15) is 36.0 Å². The number of nitrogens with zero attached hydrogens (tertiary/aromatic N) is 1. The lowest BCUT2D eigenvalue weighted by molar-refractivity contribution is -0.119. The number of benzene rings is 2. The van der Waals surface area contributed by atoms with Crippen LogP contribution < -0.4 is 5.32 Å². The molecule has 1 heterocycles. The molecule has 7 nitrogen and oxygen atoms in total. The number of carbonyl (C=O) groups excluding carboxylic acids is 2. The van der Waals surface area contributed by atoms with Crippen molar-refractivity contribution in [1.82, 2.24) is 4.31 Å². The number of carbonyl (C=O) groups is 2. The molecule has 0 bridgehead atoms. The molecule has 160 valence electrons. The highest BCUT2D eigenvalue weighted by Crippen LogP contribution is 2.22. The molecule has 1 amide bonds. The van der Waals surface area contributed by atoms with Gasteiger partial charge in [0, 0.05) is 17.6 Å². The third kappa shape index (κ3) is 5.68. The first kappa shape index (κ1) is 22.5. The van der Waals surface area contributed by atoms with Gasteiger partial charge in [-0.25, -0.2) is 13.2 Å². The highest BCUT2D eigenvalue weighted by molar-refractivity contribution is 9.10. The Balaban J connectivity index is 1.64. The van der Waals surface area contributed by atoms with Crippen molar-refractivity contribution in [2.24, 2.45) is 0 Å². The Hall–Kier alpha value is -2.23. The third-order valence-electron chi connectivity index (χ3n) is 4.75. The molecule has 1 aliphatic heterocycles. The lowest BCUT2D eigenvalue weighted by Gasteiger charge is -2.20. The van der Waals surface area contributed by atoms with E-state index in [9.17, 15) is 18.0 Å².